The van der Waals surface area contributed by atoms with E-state index in [4.69, 9.17) is 9.47 Å². The van der Waals surface area contributed by atoms with Gasteiger partial charge in [-0.3, -0.25) is 0 Å². The van der Waals surface area contributed by atoms with Gasteiger partial charge in [0.05, 0.1) is 0 Å². The van der Waals surface area contributed by atoms with Crippen LogP contribution in [-0.2, 0) is 16.0 Å². The number of benzene rings is 1. The van der Waals surface area contributed by atoms with Gasteiger partial charge in [-0.2, -0.15) is 0 Å². The van der Waals surface area contributed by atoms with Crippen molar-refractivity contribution in [3.63, 3.8) is 0 Å². The molecule has 1 aromatic rings. The molecule has 0 radical (unpaired) electrons. The van der Waals surface area contributed by atoms with Gasteiger partial charge in [0.1, 0.15) is 11.5 Å². The van der Waals surface area contributed by atoms with Crippen LogP contribution in [0.2, 0.25) is 0 Å². The zero-order valence-corrected chi connectivity index (χ0v) is 10.8. The van der Waals surface area contributed by atoms with E-state index >= 15 is 0 Å². The predicted octanol–water partition coefficient (Wildman–Crippen LogP) is 1.59. The van der Waals surface area contributed by atoms with Crippen LogP contribution in [0.1, 0.15) is 19.4 Å². The third kappa shape index (κ3) is 4.91. The molecule has 5 nitrogen and oxygen atoms in total. The van der Waals surface area contributed by atoms with Crippen molar-refractivity contribution in [3.8, 4) is 11.5 Å². The van der Waals surface area contributed by atoms with Gasteiger partial charge < -0.3 is 25.0 Å². The zero-order chi connectivity index (χ0) is 13.4. The van der Waals surface area contributed by atoms with Crippen LogP contribution in [0.3, 0.4) is 0 Å². The van der Waals surface area contributed by atoms with E-state index in [0.29, 0.717) is 26.3 Å². The Morgan fingerprint density at radius 2 is 1.83 bits per heavy atom. The molecule has 0 aromatic heterocycles. The molecular formula is C13H21NO4. The molecule has 0 bridgehead atoms. The van der Waals surface area contributed by atoms with Crippen LogP contribution in [0, 0.1) is 0 Å². The number of hydrogen-bond donors (Lipinski definition) is 3. The predicted molar refractivity (Wildman–Crippen MR) is 68.5 cm³/mol. The number of hydrogen-bond acceptors (Lipinski definition) is 5. The molecule has 102 valence electrons. The number of phenolic OH excluding ortho intramolecular Hbond substituents is 2. The Morgan fingerprint density at radius 3 is 2.39 bits per heavy atom. The standard InChI is InChI=1S/C13H21NO4/c1-3-17-13(18-4-2)9-14-8-10-5-6-11(15)7-12(10)16/h5-7,13-16H,3-4,8-9H2,1-2H3. The van der Waals surface area contributed by atoms with Crippen molar-refractivity contribution in [2.45, 2.75) is 26.7 Å². The van der Waals surface area contributed by atoms with Crippen molar-refractivity contribution < 1.29 is 19.7 Å². The summed E-state index contributed by atoms with van der Waals surface area (Å²) in [5.74, 6) is 0.129. The maximum atomic E-state index is 9.60. The van der Waals surface area contributed by atoms with Gasteiger partial charge in [-0.1, -0.05) is 6.07 Å². The maximum absolute atomic E-state index is 9.60. The van der Waals surface area contributed by atoms with Gasteiger partial charge in [0.25, 0.3) is 0 Å². The molecular weight excluding hydrogens is 234 g/mol. The zero-order valence-electron chi connectivity index (χ0n) is 10.8. The first-order valence-corrected chi connectivity index (χ1v) is 6.12. The highest BCUT2D eigenvalue weighted by molar-refractivity contribution is 5.38. The first-order chi connectivity index (χ1) is 8.67. The van der Waals surface area contributed by atoms with Gasteiger partial charge in [0.2, 0.25) is 0 Å². The molecule has 18 heavy (non-hydrogen) atoms. The first kappa shape index (κ1) is 14.8. The minimum Gasteiger partial charge on any atom is -0.508 e. The van der Waals surface area contributed by atoms with E-state index in [1.807, 2.05) is 13.8 Å². The molecule has 1 aromatic carbocycles. The fourth-order valence-electron chi connectivity index (χ4n) is 1.56. The average Bonchev–Trinajstić information content (AvgIpc) is 2.32. The molecule has 0 aliphatic heterocycles. The number of phenols is 2. The number of ether oxygens (including phenoxy) is 2. The summed E-state index contributed by atoms with van der Waals surface area (Å²) < 4.78 is 10.8. The van der Waals surface area contributed by atoms with Crippen molar-refractivity contribution in [1.29, 1.82) is 0 Å². The monoisotopic (exact) mass is 255 g/mol. The average molecular weight is 255 g/mol. The molecule has 0 saturated heterocycles. The second-order valence-electron chi connectivity index (χ2n) is 3.78. The molecule has 3 N–H and O–H groups in total. The first-order valence-electron chi connectivity index (χ1n) is 6.12. The van der Waals surface area contributed by atoms with Crippen LogP contribution >= 0.6 is 0 Å². The van der Waals surface area contributed by atoms with Gasteiger partial charge in [-0.25, -0.2) is 0 Å². The minimum absolute atomic E-state index is 0.0535. The van der Waals surface area contributed by atoms with Crippen molar-refractivity contribution in [2.75, 3.05) is 19.8 Å². The summed E-state index contributed by atoms with van der Waals surface area (Å²) in [5.41, 5.74) is 0.722. The summed E-state index contributed by atoms with van der Waals surface area (Å²) in [5, 5.41) is 21.9. The summed E-state index contributed by atoms with van der Waals surface area (Å²) in [6.07, 6.45) is -0.278. The lowest BCUT2D eigenvalue weighted by Crippen LogP contribution is -2.31. The van der Waals surface area contributed by atoms with Gasteiger partial charge >= 0.3 is 0 Å². The van der Waals surface area contributed by atoms with E-state index in [0.717, 1.165) is 5.56 Å². The van der Waals surface area contributed by atoms with Crippen molar-refractivity contribution >= 4 is 0 Å². The minimum atomic E-state index is -0.278. The molecule has 0 atom stereocenters. The molecule has 1 rings (SSSR count). The molecule has 0 fully saturated rings. The topological polar surface area (TPSA) is 71.0 Å². The molecule has 0 aliphatic rings. The number of rotatable bonds is 8. The molecule has 0 saturated carbocycles. The summed E-state index contributed by atoms with van der Waals surface area (Å²) in [4.78, 5) is 0. The highest BCUT2D eigenvalue weighted by Gasteiger charge is 2.08. The number of aromatic hydroxyl groups is 2. The SMILES string of the molecule is CCOC(CNCc1ccc(O)cc1O)OCC. The van der Waals surface area contributed by atoms with Crippen LogP contribution in [0.4, 0.5) is 0 Å². The molecule has 5 heteroatoms. The van der Waals surface area contributed by atoms with Crippen LogP contribution in [0.15, 0.2) is 18.2 Å². The Kier molecular flexibility index (Phi) is 6.49. The van der Waals surface area contributed by atoms with Gasteiger partial charge in [-0.15, -0.1) is 0 Å². The Morgan fingerprint density at radius 1 is 1.17 bits per heavy atom. The summed E-state index contributed by atoms with van der Waals surface area (Å²) in [7, 11) is 0. The molecule has 0 heterocycles. The lowest BCUT2D eigenvalue weighted by atomic mass is 10.2. The van der Waals surface area contributed by atoms with Crippen LogP contribution in [0.5, 0.6) is 11.5 Å². The van der Waals surface area contributed by atoms with E-state index in [1.54, 1.807) is 12.1 Å². The Bertz CT molecular complexity index is 351. The number of nitrogens with one attached hydrogen (secondary N) is 1. The molecule has 0 aliphatic carbocycles. The lowest BCUT2D eigenvalue weighted by Gasteiger charge is -2.17. The van der Waals surface area contributed by atoms with Gasteiger partial charge in [0.15, 0.2) is 6.29 Å². The van der Waals surface area contributed by atoms with E-state index in [2.05, 4.69) is 5.32 Å². The Labute approximate surface area is 107 Å². The fourth-order valence-corrected chi connectivity index (χ4v) is 1.56. The largest absolute Gasteiger partial charge is 0.508 e. The Balaban J connectivity index is 2.39. The second kappa shape index (κ2) is 7.92. The summed E-state index contributed by atoms with van der Waals surface area (Å²) >= 11 is 0. The van der Waals surface area contributed by atoms with E-state index in [-0.39, 0.29) is 17.8 Å². The van der Waals surface area contributed by atoms with Crippen LogP contribution in [-0.4, -0.2) is 36.3 Å². The normalized spacial score (nSPS) is 11.1. The smallest absolute Gasteiger partial charge is 0.169 e. The molecule has 0 amide bonds. The second-order valence-corrected chi connectivity index (χ2v) is 3.78. The Hall–Kier alpha value is -1.30. The van der Waals surface area contributed by atoms with E-state index in [9.17, 15) is 10.2 Å². The van der Waals surface area contributed by atoms with Crippen LogP contribution in [0.25, 0.3) is 0 Å². The van der Waals surface area contributed by atoms with Crippen molar-refractivity contribution in [3.05, 3.63) is 23.8 Å². The quantitative estimate of drug-likeness (QED) is 0.615. The molecule has 0 unspecified atom stereocenters. The van der Waals surface area contributed by atoms with Crippen molar-refractivity contribution in [1.82, 2.24) is 5.32 Å². The summed E-state index contributed by atoms with van der Waals surface area (Å²) in [6, 6.07) is 4.53. The lowest BCUT2D eigenvalue weighted by molar-refractivity contribution is -0.133. The fraction of sp³-hybridized carbons (Fsp3) is 0.538. The van der Waals surface area contributed by atoms with Gasteiger partial charge in [0, 0.05) is 37.9 Å². The highest BCUT2D eigenvalue weighted by atomic mass is 16.7. The van der Waals surface area contributed by atoms with Crippen LogP contribution < -0.4 is 5.32 Å². The van der Waals surface area contributed by atoms with E-state index in [1.165, 1.54) is 6.07 Å². The van der Waals surface area contributed by atoms with Gasteiger partial charge in [-0.05, 0) is 19.9 Å². The highest BCUT2D eigenvalue weighted by Crippen LogP contribution is 2.22. The summed E-state index contributed by atoms with van der Waals surface area (Å²) in [6.45, 7) is 6.05. The third-order valence-corrected chi connectivity index (χ3v) is 2.40. The third-order valence-electron chi connectivity index (χ3n) is 2.40. The molecule has 0 spiro atoms. The van der Waals surface area contributed by atoms with E-state index < -0.39 is 0 Å². The maximum Gasteiger partial charge on any atom is 0.169 e. The van der Waals surface area contributed by atoms with Crippen molar-refractivity contribution in [2.24, 2.45) is 0 Å².